The topological polar surface area (TPSA) is 26.3 Å². The van der Waals surface area contributed by atoms with Gasteiger partial charge in [0.2, 0.25) is 0 Å². The predicted molar refractivity (Wildman–Crippen MR) is 75.4 cm³/mol. The first-order chi connectivity index (χ1) is 9.11. The molecule has 0 aromatic heterocycles. The number of benzene rings is 1. The number of rotatable bonds is 2. The number of ketones is 1. The van der Waals surface area contributed by atoms with Gasteiger partial charge in [-0.1, -0.05) is 24.6 Å². The second-order valence-corrected chi connectivity index (χ2v) is 6.33. The molecule has 1 aromatic carbocycles. The van der Waals surface area contributed by atoms with Gasteiger partial charge in [-0.3, -0.25) is 4.79 Å². The zero-order chi connectivity index (χ0) is 13.4. The van der Waals surface area contributed by atoms with E-state index in [-0.39, 0.29) is 12.0 Å². The van der Waals surface area contributed by atoms with Crippen molar-refractivity contribution in [3.8, 4) is 5.75 Å². The highest BCUT2D eigenvalue weighted by Crippen LogP contribution is 2.35. The monoisotopic (exact) mass is 258 g/mol. The van der Waals surface area contributed by atoms with E-state index >= 15 is 0 Å². The molecule has 2 nitrogen and oxygen atoms in total. The average Bonchev–Trinajstić information content (AvgIpc) is 2.75. The third kappa shape index (κ3) is 2.68. The van der Waals surface area contributed by atoms with E-state index in [1.165, 1.54) is 11.1 Å². The quantitative estimate of drug-likeness (QED) is 0.808. The van der Waals surface area contributed by atoms with Crippen molar-refractivity contribution in [2.45, 2.75) is 52.1 Å². The molecule has 0 N–H and O–H groups in total. The molecule has 1 heterocycles. The van der Waals surface area contributed by atoms with Crippen LogP contribution in [0.25, 0.3) is 0 Å². The van der Waals surface area contributed by atoms with Crippen molar-refractivity contribution < 1.29 is 9.53 Å². The summed E-state index contributed by atoms with van der Waals surface area (Å²) in [5, 5.41) is 0. The normalized spacial score (nSPS) is 30.0. The lowest BCUT2D eigenvalue weighted by Gasteiger charge is -2.27. The minimum Gasteiger partial charge on any atom is -0.490 e. The molecule has 3 atom stereocenters. The third-order valence-electron chi connectivity index (χ3n) is 4.53. The maximum atomic E-state index is 12.0. The van der Waals surface area contributed by atoms with E-state index in [2.05, 4.69) is 32.0 Å². The van der Waals surface area contributed by atoms with Gasteiger partial charge in [0.15, 0.2) is 0 Å². The number of Topliss-reactive ketones (excluding diaryl/α,β-unsaturated/α-hetero) is 1. The van der Waals surface area contributed by atoms with Crippen LogP contribution >= 0.6 is 0 Å². The number of carbonyl (C=O) groups is 1. The van der Waals surface area contributed by atoms with Gasteiger partial charge in [-0.2, -0.15) is 0 Å². The molecule has 0 saturated heterocycles. The van der Waals surface area contributed by atoms with Crippen molar-refractivity contribution in [1.29, 1.82) is 0 Å². The summed E-state index contributed by atoms with van der Waals surface area (Å²) < 4.78 is 6.00. The molecular formula is C17H22O2. The number of ether oxygens (including phenoxy) is 1. The van der Waals surface area contributed by atoms with E-state index in [1.54, 1.807) is 0 Å². The van der Waals surface area contributed by atoms with Crippen LogP contribution < -0.4 is 4.74 Å². The van der Waals surface area contributed by atoms with Crippen LogP contribution in [0.5, 0.6) is 5.75 Å². The summed E-state index contributed by atoms with van der Waals surface area (Å²) >= 11 is 0. The molecule has 0 bridgehead atoms. The Kier molecular flexibility index (Phi) is 3.34. The van der Waals surface area contributed by atoms with Crippen LogP contribution in [-0.2, 0) is 11.2 Å². The van der Waals surface area contributed by atoms with Crippen molar-refractivity contribution in [3.63, 3.8) is 0 Å². The van der Waals surface area contributed by atoms with E-state index in [4.69, 9.17) is 4.74 Å². The van der Waals surface area contributed by atoms with Gasteiger partial charge in [0.25, 0.3) is 0 Å². The summed E-state index contributed by atoms with van der Waals surface area (Å²) in [4.78, 5) is 12.0. The Bertz CT molecular complexity index is 492. The van der Waals surface area contributed by atoms with E-state index in [0.717, 1.165) is 37.9 Å². The van der Waals surface area contributed by atoms with Gasteiger partial charge in [0.05, 0.1) is 0 Å². The SMILES string of the molecule is Cc1ccc2c(c1)CC(CC1CC(C)CCC1=O)O2. The Hall–Kier alpha value is -1.31. The number of hydrogen-bond acceptors (Lipinski definition) is 2. The highest BCUT2D eigenvalue weighted by atomic mass is 16.5. The summed E-state index contributed by atoms with van der Waals surface area (Å²) in [5.74, 6) is 2.39. The minimum absolute atomic E-state index is 0.205. The second kappa shape index (κ2) is 4.99. The molecule has 2 aliphatic rings. The first-order valence-corrected chi connectivity index (χ1v) is 7.40. The molecule has 1 saturated carbocycles. The van der Waals surface area contributed by atoms with E-state index in [1.807, 2.05) is 0 Å². The Morgan fingerprint density at radius 1 is 1.37 bits per heavy atom. The van der Waals surface area contributed by atoms with Crippen LogP contribution in [0.4, 0.5) is 0 Å². The first-order valence-electron chi connectivity index (χ1n) is 7.40. The molecule has 0 amide bonds. The molecule has 1 aliphatic heterocycles. The van der Waals surface area contributed by atoms with Crippen LogP contribution in [0.15, 0.2) is 18.2 Å². The number of fused-ring (bicyclic) bond motifs is 1. The largest absolute Gasteiger partial charge is 0.490 e. The summed E-state index contributed by atoms with van der Waals surface area (Å²) in [7, 11) is 0. The maximum absolute atomic E-state index is 12.0. The zero-order valence-corrected chi connectivity index (χ0v) is 11.8. The van der Waals surface area contributed by atoms with Crippen molar-refractivity contribution in [3.05, 3.63) is 29.3 Å². The molecule has 1 aromatic rings. The fourth-order valence-electron chi connectivity index (χ4n) is 3.45. The average molecular weight is 258 g/mol. The Balaban J connectivity index is 1.65. The third-order valence-corrected chi connectivity index (χ3v) is 4.53. The summed E-state index contributed by atoms with van der Waals surface area (Å²) in [6.45, 7) is 4.37. The maximum Gasteiger partial charge on any atom is 0.136 e. The smallest absolute Gasteiger partial charge is 0.136 e. The van der Waals surface area contributed by atoms with Crippen molar-refractivity contribution in [1.82, 2.24) is 0 Å². The van der Waals surface area contributed by atoms with Gasteiger partial charge < -0.3 is 4.74 Å². The Morgan fingerprint density at radius 3 is 3.05 bits per heavy atom. The van der Waals surface area contributed by atoms with Crippen LogP contribution in [0, 0.1) is 18.8 Å². The standard InChI is InChI=1S/C17H22O2/c1-11-3-5-16(18)13(7-11)9-15-10-14-8-12(2)4-6-17(14)19-15/h4,6,8,11,13,15H,3,5,7,9-10H2,1-2H3. The minimum atomic E-state index is 0.205. The molecule has 2 heteroatoms. The molecule has 102 valence electrons. The highest BCUT2D eigenvalue weighted by molar-refractivity contribution is 5.81. The molecule has 1 aliphatic carbocycles. The molecule has 19 heavy (non-hydrogen) atoms. The fraction of sp³-hybridized carbons (Fsp3) is 0.588. The zero-order valence-electron chi connectivity index (χ0n) is 11.8. The summed E-state index contributed by atoms with van der Waals surface area (Å²) in [5.41, 5.74) is 2.59. The van der Waals surface area contributed by atoms with Gasteiger partial charge in [-0.25, -0.2) is 0 Å². The van der Waals surface area contributed by atoms with Gasteiger partial charge in [-0.05, 0) is 43.7 Å². The predicted octanol–water partition coefficient (Wildman–Crippen LogP) is 3.69. The molecule has 3 unspecified atom stereocenters. The number of aryl methyl sites for hydroxylation is 1. The molecule has 0 spiro atoms. The van der Waals surface area contributed by atoms with E-state index in [9.17, 15) is 4.79 Å². The van der Waals surface area contributed by atoms with Gasteiger partial charge in [0, 0.05) is 18.8 Å². The molecule has 1 fully saturated rings. The lowest BCUT2D eigenvalue weighted by Crippen LogP contribution is -2.29. The Labute approximate surface area is 115 Å². The Morgan fingerprint density at radius 2 is 2.21 bits per heavy atom. The molecule has 3 rings (SSSR count). The molecular weight excluding hydrogens is 236 g/mol. The van der Waals surface area contributed by atoms with Crippen molar-refractivity contribution >= 4 is 5.78 Å². The van der Waals surface area contributed by atoms with Crippen LogP contribution in [0.2, 0.25) is 0 Å². The first kappa shape index (κ1) is 12.7. The van der Waals surface area contributed by atoms with E-state index < -0.39 is 0 Å². The molecule has 0 radical (unpaired) electrons. The lowest BCUT2D eigenvalue weighted by atomic mass is 9.78. The van der Waals surface area contributed by atoms with Gasteiger partial charge in [0.1, 0.15) is 17.6 Å². The van der Waals surface area contributed by atoms with Crippen LogP contribution in [0.1, 0.15) is 43.7 Å². The van der Waals surface area contributed by atoms with Gasteiger partial charge >= 0.3 is 0 Å². The summed E-state index contributed by atoms with van der Waals surface area (Å²) in [6, 6.07) is 6.37. The second-order valence-electron chi connectivity index (χ2n) is 6.33. The number of hydrogen-bond donors (Lipinski definition) is 0. The highest BCUT2D eigenvalue weighted by Gasteiger charge is 2.32. The van der Waals surface area contributed by atoms with Crippen LogP contribution in [-0.4, -0.2) is 11.9 Å². The van der Waals surface area contributed by atoms with Crippen LogP contribution in [0.3, 0.4) is 0 Å². The summed E-state index contributed by atoms with van der Waals surface area (Å²) in [6.07, 6.45) is 4.96. The lowest BCUT2D eigenvalue weighted by molar-refractivity contribution is -0.126. The van der Waals surface area contributed by atoms with E-state index in [0.29, 0.717) is 11.7 Å². The van der Waals surface area contributed by atoms with Crippen molar-refractivity contribution in [2.75, 3.05) is 0 Å². The van der Waals surface area contributed by atoms with Gasteiger partial charge in [-0.15, -0.1) is 0 Å². The fourth-order valence-corrected chi connectivity index (χ4v) is 3.45. The van der Waals surface area contributed by atoms with Crippen molar-refractivity contribution in [2.24, 2.45) is 11.8 Å². The number of carbonyl (C=O) groups excluding carboxylic acids is 1.